The third-order valence-electron chi connectivity index (χ3n) is 6.63. The Labute approximate surface area is 239 Å². The molecule has 0 saturated heterocycles. The molecule has 0 N–H and O–H groups in total. The Kier molecular flexibility index (Phi) is 7.50. The smallest absolute Gasteiger partial charge is 0.433 e. The molecular formula is C29H27F3N6O4. The molecule has 2 aromatic carbocycles. The van der Waals surface area contributed by atoms with Gasteiger partial charge in [-0.2, -0.15) is 28.1 Å². The van der Waals surface area contributed by atoms with Gasteiger partial charge in [0.1, 0.15) is 0 Å². The van der Waals surface area contributed by atoms with Crippen LogP contribution in [0.5, 0.6) is 23.0 Å². The predicted octanol–water partition coefficient (Wildman–Crippen LogP) is 5.76. The number of rotatable bonds is 8. The van der Waals surface area contributed by atoms with E-state index in [1.165, 1.54) is 44.0 Å². The maximum Gasteiger partial charge on any atom is 0.433 e. The highest BCUT2D eigenvalue weighted by atomic mass is 19.4. The van der Waals surface area contributed by atoms with Crippen molar-refractivity contribution in [2.24, 2.45) is 7.05 Å². The highest BCUT2D eigenvalue weighted by Crippen LogP contribution is 2.40. The minimum Gasteiger partial charge on any atom is -0.493 e. The van der Waals surface area contributed by atoms with Gasteiger partial charge >= 0.3 is 6.18 Å². The van der Waals surface area contributed by atoms with Gasteiger partial charge in [-0.3, -0.25) is 4.68 Å². The molecule has 0 fully saturated rings. The lowest BCUT2D eigenvalue weighted by Crippen LogP contribution is -2.14. The van der Waals surface area contributed by atoms with Crippen LogP contribution in [-0.2, 0) is 13.2 Å². The fourth-order valence-electron chi connectivity index (χ4n) is 4.60. The Morgan fingerprint density at radius 3 is 1.88 bits per heavy atom. The maximum atomic E-state index is 14.1. The van der Waals surface area contributed by atoms with Gasteiger partial charge in [0, 0.05) is 35.5 Å². The van der Waals surface area contributed by atoms with Crippen LogP contribution >= 0.6 is 0 Å². The minimum atomic E-state index is -4.74. The molecule has 13 heteroatoms. The minimum absolute atomic E-state index is 0.0412. The van der Waals surface area contributed by atoms with Crippen LogP contribution in [0.3, 0.4) is 0 Å². The quantitative estimate of drug-likeness (QED) is 0.229. The van der Waals surface area contributed by atoms with Crippen LogP contribution in [0, 0.1) is 6.92 Å². The van der Waals surface area contributed by atoms with Crippen molar-refractivity contribution in [2.75, 3.05) is 28.4 Å². The molecule has 0 saturated carbocycles. The molecule has 0 aliphatic heterocycles. The van der Waals surface area contributed by atoms with Crippen molar-refractivity contribution in [1.82, 2.24) is 29.5 Å². The zero-order valence-corrected chi connectivity index (χ0v) is 23.6. The van der Waals surface area contributed by atoms with Gasteiger partial charge in [0.2, 0.25) is 0 Å². The van der Waals surface area contributed by atoms with Crippen molar-refractivity contribution in [3.63, 3.8) is 0 Å². The molecule has 0 unspecified atom stereocenters. The molecule has 3 aromatic heterocycles. The van der Waals surface area contributed by atoms with Crippen LogP contribution in [0.1, 0.15) is 11.3 Å². The highest BCUT2D eigenvalue weighted by molar-refractivity contribution is 5.77. The Hall–Kier alpha value is -5.07. The fraction of sp³-hybridized carbons (Fsp3) is 0.241. The van der Waals surface area contributed by atoms with E-state index in [4.69, 9.17) is 24.0 Å². The Bertz CT molecular complexity index is 1760. The van der Waals surface area contributed by atoms with Crippen molar-refractivity contribution in [1.29, 1.82) is 0 Å². The normalized spacial score (nSPS) is 11.5. The van der Waals surface area contributed by atoms with E-state index in [1.54, 1.807) is 49.6 Å². The molecule has 5 rings (SSSR count). The van der Waals surface area contributed by atoms with Gasteiger partial charge in [-0.15, -0.1) is 0 Å². The molecule has 0 radical (unpaired) electrons. The number of methoxy groups -OCH3 is 4. The summed E-state index contributed by atoms with van der Waals surface area (Å²) in [5, 5.41) is 8.83. The van der Waals surface area contributed by atoms with Gasteiger partial charge in [0.05, 0.1) is 51.7 Å². The number of hydrogen-bond acceptors (Lipinski definition) is 8. The highest BCUT2D eigenvalue weighted by Gasteiger charge is 2.35. The van der Waals surface area contributed by atoms with Crippen molar-refractivity contribution in [3.8, 4) is 62.7 Å². The molecule has 10 nitrogen and oxygen atoms in total. The number of aromatic nitrogens is 6. The largest absolute Gasteiger partial charge is 0.493 e. The zero-order valence-electron chi connectivity index (χ0n) is 23.6. The van der Waals surface area contributed by atoms with Gasteiger partial charge in [-0.05, 0) is 49.4 Å². The fourth-order valence-corrected chi connectivity index (χ4v) is 4.60. The van der Waals surface area contributed by atoms with E-state index in [0.29, 0.717) is 56.6 Å². The van der Waals surface area contributed by atoms with Gasteiger partial charge in [0.25, 0.3) is 5.95 Å². The molecule has 5 aromatic rings. The lowest BCUT2D eigenvalue weighted by atomic mass is 10.0. The van der Waals surface area contributed by atoms with Crippen molar-refractivity contribution in [2.45, 2.75) is 13.1 Å². The van der Waals surface area contributed by atoms with E-state index in [0.717, 1.165) is 6.07 Å². The molecule has 0 spiro atoms. The molecule has 42 heavy (non-hydrogen) atoms. The third kappa shape index (κ3) is 5.20. The Balaban J connectivity index is 1.81. The first-order valence-electron chi connectivity index (χ1n) is 12.6. The third-order valence-corrected chi connectivity index (χ3v) is 6.63. The topological polar surface area (TPSA) is 98.3 Å². The molecule has 0 amide bonds. The van der Waals surface area contributed by atoms with Crippen molar-refractivity contribution < 1.29 is 32.1 Å². The van der Waals surface area contributed by atoms with Gasteiger partial charge in [-0.25, -0.2) is 9.97 Å². The van der Waals surface area contributed by atoms with Gasteiger partial charge in [-0.1, -0.05) is 0 Å². The first-order chi connectivity index (χ1) is 20.1. The van der Waals surface area contributed by atoms with E-state index in [-0.39, 0.29) is 11.6 Å². The second-order valence-electron chi connectivity index (χ2n) is 9.21. The van der Waals surface area contributed by atoms with E-state index in [1.807, 2.05) is 6.92 Å². The number of ether oxygens (including phenoxy) is 4. The number of halogens is 3. The summed E-state index contributed by atoms with van der Waals surface area (Å²) in [5.74, 6) is 1.62. The standard InChI is InChI=1S/C29H27F3N6O4/c1-16-26(17-7-9-21(39-3)23(11-17)41-5)36-38(27(16)18-8-10-22(40-4)24(12-18)42-6)28-34-20(19-14-33-37(2)15-19)13-25(35-28)29(30,31)32/h7-15H,1-6H3. The van der Waals surface area contributed by atoms with Gasteiger partial charge in [0.15, 0.2) is 28.7 Å². The lowest BCUT2D eigenvalue weighted by molar-refractivity contribution is -0.141. The number of aryl methyl sites for hydroxylation is 1. The SMILES string of the molecule is COc1ccc(-c2nn(-c3nc(-c4cnn(C)c4)cc(C(F)(F)F)n3)c(-c3ccc(OC)c(OC)c3)c2C)cc1OC. The lowest BCUT2D eigenvalue weighted by Gasteiger charge is -2.13. The summed E-state index contributed by atoms with van der Waals surface area (Å²) < 4.78 is 66.8. The summed E-state index contributed by atoms with van der Waals surface area (Å²) >= 11 is 0. The van der Waals surface area contributed by atoms with Crippen LogP contribution in [0.25, 0.3) is 39.7 Å². The molecule has 0 aliphatic carbocycles. The van der Waals surface area contributed by atoms with Crippen LogP contribution < -0.4 is 18.9 Å². The summed E-state index contributed by atoms with van der Waals surface area (Å²) in [4.78, 5) is 8.42. The molecule has 0 atom stereocenters. The zero-order chi connectivity index (χ0) is 30.2. The average Bonchev–Trinajstić information content (AvgIpc) is 3.58. The van der Waals surface area contributed by atoms with E-state index in [9.17, 15) is 13.2 Å². The second-order valence-corrected chi connectivity index (χ2v) is 9.21. The predicted molar refractivity (Wildman–Crippen MR) is 148 cm³/mol. The summed E-state index contributed by atoms with van der Waals surface area (Å²) in [6.45, 7) is 1.82. The van der Waals surface area contributed by atoms with E-state index in [2.05, 4.69) is 15.1 Å². The molecular weight excluding hydrogens is 553 g/mol. The first kappa shape index (κ1) is 28.5. The second kappa shape index (κ2) is 11.1. The molecule has 0 aliphatic rings. The number of hydrogen-bond donors (Lipinski definition) is 0. The maximum absolute atomic E-state index is 14.1. The molecule has 218 valence electrons. The van der Waals surface area contributed by atoms with Gasteiger partial charge < -0.3 is 18.9 Å². The Morgan fingerprint density at radius 1 is 0.738 bits per heavy atom. The van der Waals surface area contributed by atoms with Crippen LogP contribution in [0.2, 0.25) is 0 Å². The van der Waals surface area contributed by atoms with Crippen LogP contribution in [0.15, 0.2) is 54.9 Å². The van der Waals surface area contributed by atoms with Crippen LogP contribution in [0.4, 0.5) is 13.2 Å². The summed E-state index contributed by atoms with van der Waals surface area (Å²) in [7, 11) is 7.71. The summed E-state index contributed by atoms with van der Waals surface area (Å²) in [5.41, 5.74) is 2.13. The number of alkyl halides is 3. The van der Waals surface area contributed by atoms with Crippen molar-refractivity contribution in [3.05, 3.63) is 66.1 Å². The average molecular weight is 581 g/mol. The van der Waals surface area contributed by atoms with E-state index >= 15 is 0 Å². The molecule has 0 bridgehead atoms. The Morgan fingerprint density at radius 2 is 1.33 bits per heavy atom. The first-order valence-corrected chi connectivity index (χ1v) is 12.6. The number of nitrogens with zero attached hydrogens (tertiary/aromatic N) is 6. The summed E-state index contributed by atoms with van der Waals surface area (Å²) in [6, 6.07) is 11.3. The van der Waals surface area contributed by atoms with Crippen molar-refractivity contribution >= 4 is 0 Å². The summed E-state index contributed by atoms with van der Waals surface area (Å²) in [6.07, 6.45) is -1.73. The monoisotopic (exact) mass is 580 g/mol. The van der Waals surface area contributed by atoms with Crippen LogP contribution in [-0.4, -0.2) is 58.0 Å². The number of benzene rings is 2. The van der Waals surface area contributed by atoms with E-state index < -0.39 is 11.9 Å². The molecule has 3 heterocycles.